The minimum Gasteiger partial charge on any atom is -0.347 e. The molecule has 2 rings (SSSR count). The average Bonchev–Trinajstić information content (AvgIpc) is 2.86. The Bertz CT molecular complexity index is 469. The van der Waals surface area contributed by atoms with Crippen LogP contribution in [-0.2, 0) is 13.1 Å². The van der Waals surface area contributed by atoms with Gasteiger partial charge in [0.1, 0.15) is 0 Å². The van der Waals surface area contributed by atoms with Crippen molar-refractivity contribution in [2.24, 2.45) is 0 Å². The number of nitrogens with zero attached hydrogens (tertiary/aromatic N) is 3. The summed E-state index contributed by atoms with van der Waals surface area (Å²) in [5.74, 6) is 0. The van der Waals surface area contributed by atoms with E-state index in [-0.39, 0.29) is 0 Å². The monoisotopic (exact) mass is 262 g/mol. The first-order valence-corrected chi connectivity index (χ1v) is 6.92. The average molecular weight is 262 g/mol. The number of pyridine rings is 1. The zero-order chi connectivity index (χ0) is 12.8. The molecule has 0 atom stereocenters. The van der Waals surface area contributed by atoms with Gasteiger partial charge in [-0.05, 0) is 18.2 Å². The van der Waals surface area contributed by atoms with Crippen LogP contribution in [0.15, 0.2) is 29.9 Å². The lowest BCUT2D eigenvalue weighted by atomic mass is 10.3. The van der Waals surface area contributed by atoms with Gasteiger partial charge in [-0.2, -0.15) is 0 Å². The summed E-state index contributed by atoms with van der Waals surface area (Å²) in [5.41, 5.74) is 2.30. The van der Waals surface area contributed by atoms with Gasteiger partial charge < -0.3 is 10.2 Å². The molecule has 0 bridgehead atoms. The van der Waals surface area contributed by atoms with Gasteiger partial charge in [0.25, 0.3) is 0 Å². The molecule has 5 heteroatoms. The maximum Gasteiger partial charge on any atom is 0.185 e. The second-order valence-corrected chi connectivity index (χ2v) is 4.96. The fourth-order valence-electron chi connectivity index (χ4n) is 1.64. The SMILES string of the molecule is CCNCc1csc(N(C)Cc2cccnc2)n1. The van der Waals surface area contributed by atoms with Crippen molar-refractivity contribution < 1.29 is 0 Å². The van der Waals surface area contributed by atoms with E-state index in [1.807, 2.05) is 12.3 Å². The van der Waals surface area contributed by atoms with Crippen LogP contribution in [0.25, 0.3) is 0 Å². The van der Waals surface area contributed by atoms with Crippen molar-refractivity contribution in [2.45, 2.75) is 20.0 Å². The zero-order valence-electron chi connectivity index (χ0n) is 10.8. The molecular formula is C13H18N4S. The molecule has 2 aromatic heterocycles. The van der Waals surface area contributed by atoms with Crippen molar-refractivity contribution in [3.05, 3.63) is 41.2 Å². The van der Waals surface area contributed by atoms with Gasteiger partial charge in [0, 0.05) is 37.9 Å². The van der Waals surface area contributed by atoms with Gasteiger partial charge in [0.15, 0.2) is 5.13 Å². The molecular weight excluding hydrogens is 244 g/mol. The van der Waals surface area contributed by atoms with Crippen molar-refractivity contribution >= 4 is 16.5 Å². The maximum atomic E-state index is 4.61. The van der Waals surface area contributed by atoms with Gasteiger partial charge in [-0.15, -0.1) is 11.3 Å². The van der Waals surface area contributed by atoms with Crippen LogP contribution in [0, 0.1) is 0 Å². The van der Waals surface area contributed by atoms with Crippen LogP contribution >= 0.6 is 11.3 Å². The van der Waals surface area contributed by atoms with Crippen LogP contribution in [0.3, 0.4) is 0 Å². The Labute approximate surface area is 112 Å². The Morgan fingerprint density at radius 3 is 3.06 bits per heavy atom. The third kappa shape index (κ3) is 3.51. The van der Waals surface area contributed by atoms with Crippen molar-refractivity contribution in [2.75, 3.05) is 18.5 Å². The summed E-state index contributed by atoms with van der Waals surface area (Å²) in [6, 6.07) is 4.04. The Morgan fingerprint density at radius 2 is 2.33 bits per heavy atom. The molecule has 0 saturated heterocycles. The number of thiazole rings is 1. The van der Waals surface area contributed by atoms with E-state index in [0.717, 1.165) is 30.5 Å². The predicted octanol–water partition coefficient (Wildman–Crippen LogP) is 2.28. The highest BCUT2D eigenvalue weighted by atomic mass is 32.1. The van der Waals surface area contributed by atoms with E-state index in [0.29, 0.717) is 0 Å². The molecule has 0 spiro atoms. The number of hydrogen-bond donors (Lipinski definition) is 1. The van der Waals surface area contributed by atoms with Crippen LogP contribution in [0.5, 0.6) is 0 Å². The van der Waals surface area contributed by atoms with E-state index in [4.69, 9.17) is 0 Å². The van der Waals surface area contributed by atoms with Crippen LogP contribution in [-0.4, -0.2) is 23.6 Å². The summed E-state index contributed by atoms with van der Waals surface area (Å²) in [6.45, 7) is 4.75. The van der Waals surface area contributed by atoms with Gasteiger partial charge in [0.2, 0.25) is 0 Å². The lowest BCUT2D eigenvalue weighted by molar-refractivity contribution is 0.713. The predicted molar refractivity (Wildman–Crippen MR) is 75.8 cm³/mol. The molecule has 0 aliphatic heterocycles. The Hall–Kier alpha value is -1.46. The van der Waals surface area contributed by atoms with Crippen molar-refractivity contribution in [1.82, 2.24) is 15.3 Å². The minimum atomic E-state index is 0.835. The summed E-state index contributed by atoms with van der Waals surface area (Å²) in [6.07, 6.45) is 3.69. The van der Waals surface area contributed by atoms with Crippen molar-refractivity contribution in [1.29, 1.82) is 0 Å². The van der Waals surface area contributed by atoms with Gasteiger partial charge in [-0.1, -0.05) is 13.0 Å². The Balaban J connectivity index is 1.96. The first-order valence-electron chi connectivity index (χ1n) is 6.04. The van der Waals surface area contributed by atoms with Gasteiger partial charge in [-0.3, -0.25) is 4.98 Å². The van der Waals surface area contributed by atoms with Crippen LogP contribution in [0.1, 0.15) is 18.2 Å². The summed E-state index contributed by atoms with van der Waals surface area (Å²) in [7, 11) is 2.06. The van der Waals surface area contributed by atoms with E-state index >= 15 is 0 Å². The minimum absolute atomic E-state index is 0.835. The molecule has 0 saturated carbocycles. The third-order valence-corrected chi connectivity index (χ3v) is 3.57. The van der Waals surface area contributed by atoms with Crippen molar-refractivity contribution in [3.63, 3.8) is 0 Å². The molecule has 0 aliphatic carbocycles. The zero-order valence-corrected chi connectivity index (χ0v) is 11.6. The Kier molecular flexibility index (Phi) is 4.66. The number of anilines is 1. The van der Waals surface area contributed by atoms with E-state index < -0.39 is 0 Å². The molecule has 4 nitrogen and oxygen atoms in total. The number of rotatable bonds is 6. The quantitative estimate of drug-likeness (QED) is 0.867. The first-order chi connectivity index (χ1) is 8.79. The number of hydrogen-bond acceptors (Lipinski definition) is 5. The number of nitrogens with one attached hydrogen (secondary N) is 1. The molecule has 1 N–H and O–H groups in total. The largest absolute Gasteiger partial charge is 0.347 e. The maximum absolute atomic E-state index is 4.61. The van der Waals surface area contributed by atoms with Gasteiger partial charge in [0.05, 0.1) is 5.69 Å². The standard InChI is InChI=1S/C13H18N4S/c1-3-14-8-12-10-18-13(16-12)17(2)9-11-5-4-6-15-7-11/h4-7,10,14H,3,8-9H2,1-2H3. The number of aromatic nitrogens is 2. The molecule has 0 unspecified atom stereocenters. The van der Waals surface area contributed by atoms with Crippen LogP contribution in [0.4, 0.5) is 5.13 Å². The smallest absolute Gasteiger partial charge is 0.185 e. The second kappa shape index (κ2) is 6.47. The van der Waals surface area contributed by atoms with Crippen molar-refractivity contribution in [3.8, 4) is 0 Å². The van der Waals surface area contributed by atoms with E-state index in [9.17, 15) is 0 Å². The van der Waals surface area contributed by atoms with E-state index in [2.05, 4.69) is 45.6 Å². The van der Waals surface area contributed by atoms with Crippen LogP contribution in [0.2, 0.25) is 0 Å². The highest BCUT2D eigenvalue weighted by Gasteiger charge is 2.07. The molecule has 96 valence electrons. The molecule has 0 aliphatic rings. The summed E-state index contributed by atoms with van der Waals surface area (Å²) in [4.78, 5) is 10.9. The fraction of sp³-hybridized carbons (Fsp3) is 0.385. The molecule has 2 heterocycles. The molecule has 0 aromatic carbocycles. The fourth-order valence-corrected chi connectivity index (χ4v) is 2.43. The van der Waals surface area contributed by atoms with E-state index in [1.54, 1.807) is 17.5 Å². The Morgan fingerprint density at radius 1 is 1.44 bits per heavy atom. The molecule has 0 fully saturated rings. The van der Waals surface area contributed by atoms with E-state index in [1.165, 1.54) is 5.56 Å². The van der Waals surface area contributed by atoms with Crippen LogP contribution < -0.4 is 10.2 Å². The molecule has 0 amide bonds. The lowest BCUT2D eigenvalue weighted by Crippen LogP contribution is -2.17. The first kappa shape index (κ1) is 13.0. The molecule has 18 heavy (non-hydrogen) atoms. The van der Waals surface area contributed by atoms with Gasteiger partial charge >= 0.3 is 0 Å². The third-order valence-electron chi connectivity index (χ3n) is 2.56. The second-order valence-electron chi connectivity index (χ2n) is 4.12. The summed E-state index contributed by atoms with van der Waals surface area (Å²) < 4.78 is 0. The molecule has 2 aromatic rings. The lowest BCUT2D eigenvalue weighted by Gasteiger charge is -2.15. The van der Waals surface area contributed by atoms with Gasteiger partial charge in [-0.25, -0.2) is 4.98 Å². The summed E-state index contributed by atoms with van der Waals surface area (Å²) in [5, 5.41) is 6.44. The normalized spacial score (nSPS) is 10.6. The molecule has 0 radical (unpaired) electrons. The topological polar surface area (TPSA) is 41.0 Å². The highest BCUT2D eigenvalue weighted by molar-refractivity contribution is 7.13. The highest BCUT2D eigenvalue weighted by Crippen LogP contribution is 2.20. The summed E-state index contributed by atoms with van der Waals surface area (Å²) >= 11 is 1.68.